The molecule has 0 bridgehead atoms. The van der Waals surface area contributed by atoms with Crippen molar-refractivity contribution in [2.45, 2.75) is 6.92 Å². The van der Waals surface area contributed by atoms with Gasteiger partial charge in [-0.3, -0.25) is 14.3 Å². The zero-order valence-electron chi connectivity index (χ0n) is 9.00. The van der Waals surface area contributed by atoms with E-state index in [4.69, 9.17) is 0 Å². The molecular formula is C9H14N4O2. The average Bonchev–Trinajstić information content (AvgIpc) is 2.55. The van der Waals surface area contributed by atoms with Crippen LogP contribution in [0, 0.1) is 6.92 Å². The third-order valence-corrected chi connectivity index (χ3v) is 2.03. The van der Waals surface area contributed by atoms with Crippen molar-refractivity contribution in [3.05, 3.63) is 17.5 Å². The molecule has 0 fully saturated rings. The highest BCUT2D eigenvalue weighted by Crippen LogP contribution is 2.00. The number of nitrogens with zero attached hydrogens (tertiary/aromatic N) is 2. The molecule has 0 saturated heterocycles. The van der Waals surface area contributed by atoms with Gasteiger partial charge in [-0.25, -0.2) is 0 Å². The Bertz CT molecular complexity index is 364. The fourth-order valence-electron chi connectivity index (χ4n) is 1.01. The molecule has 0 aliphatic heterocycles. The Morgan fingerprint density at radius 3 is 2.67 bits per heavy atom. The molecule has 0 aliphatic carbocycles. The largest absolute Gasteiger partial charge is 0.358 e. The van der Waals surface area contributed by atoms with Crippen LogP contribution in [0.3, 0.4) is 0 Å². The van der Waals surface area contributed by atoms with Gasteiger partial charge in [0.2, 0.25) is 5.91 Å². The van der Waals surface area contributed by atoms with E-state index >= 15 is 0 Å². The molecular weight excluding hydrogens is 196 g/mol. The molecule has 2 amide bonds. The number of nitrogens with one attached hydrogen (secondary N) is 2. The summed E-state index contributed by atoms with van der Waals surface area (Å²) in [6, 6.07) is 1.67. The van der Waals surface area contributed by atoms with Crippen LogP contribution in [-0.2, 0) is 11.8 Å². The molecule has 0 radical (unpaired) electrons. The highest BCUT2D eigenvalue weighted by Gasteiger charge is 2.11. The number of hydrogen-bond donors (Lipinski definition) is 2. The van der Waals surface area contributed by atoms with Gasteiger partial charge in [0.15, 0.2) is 0 Å². The molecule has 0 atom stereocenters. The molecule has 1 aromatic rings. The second-order valence-corrected chi connectivity index (χ2v) is 3.15. The van der Waals surface area contributed by atoms with Crippen LogP contribution in [0.5, 0.6) is 0 Å². The highest BCUT2D eigenvalue weighted by atomic mass is 16.2. The van der Waals surface area contributed by atoms with Crippen LogP contribution in [0.4, 0.5) is 0 Å². The van der Waals surface area contributed by atoms with E-state index in [0.29, 0.717) is 5.69 Å². The standard InChI is InChI=1S/C9H14N4O2/c1-6-4-7(12-13(6)3)9(15)11-5-8(14)10-2/h4H,5H2,1-3H3,(H,10,14)(H,11,15). The van der Waals surface area contributed by atoms with E-state index in [1.54, 1.807) is 17.8 Å². The molecule has 0 aromatic carbocycles. The second-order valence-electron chi connectivity index (χ2n) is 3.15. The molecule has 0 aliphatic rings. The van der Waals surface area contributed by atoms with Gasteiger partial charge in [0.05, 0.1) is 6.54 Å². The van der Waals surface area contributed by atoms with Crippen molar-refractivity contribution < 1.29 is 9.59 Å². The first-order valence-corrected chi connectivity index (χ1v) is 4.54. The van der Waals surface area contributed by atoms with Crippen molar-refractivity contribution in [2.24, 2.45) is 7.05 Å². The monoisotopic (exact) mass is 210 g/mol. The summed E-state index contributed by atoms with van der Waals surface area (Å²) >= 11 is 0. The topological polar surface area (TPSA) is 76.0 Å². The predicted octanol–water partition coefficient (Wildman–Crippen LogP) is -0.796. The van der Waals surface area contributed by atoms with Crippen molar-refractivity contribution in [3.63, 3.8) is 0 Å². The number of amides is 2. The van der Waals surface area contributed by atoms with Crippen LogP contribution in [0.15, 0.2) is 6.07 Å². The van der Waals surface area contributed by atoms with Crippen LogP contribution in [-0.4, -0.2) is 35.2 Å². The maximum absolute atomic E-state index is 11.5. The van der Waals surface area contributed by atoms with E-state index in [1.165, 1.54) is 7.05 Å². The fraction of sp³-hybridized carbons (Fsp3) is 0.444. The van der Waals surface area contributed by atoms with Crippen LogP contribution in [0.1, 0.15) is 16.2 Å². The number of likely N-dealkylation sites (N-methyl/N-ethyl adjacent to an activating group) is 1. The van der Waals surface area contributed by atoms with Crippen molar-refractivity contribution >= 4 is 11.8 Å². The third-order valence-electron chi connectivity index (χ3n) is 2.03. The summed E-state index contributed by atoms with van der Waals surface area (Å²) in [6.45, 7) is 1.81. The van der Waals surface area contributed by atoms with Gasteiger partial charge in [-0.15, -0.1) is 0 Å². The summed E-state index contributed by atoms with van der Waals surface area (Å²) in [5.41, 5.74) is 1.21. The van der Waals surface area contributed by atoms with E-state index < -0.39 is 0 Å². The average molecular weight is 210 g/mol. The number of aryl methyl sites for hydroxylation is 2. The summed E-state index contributed by atoms with van der Waals surface area (Å²) in [7, 11) is 3.27. The molecule has 1 aromatic heterocycles. The van der Waals surface area contributed by atoms with Crippen LogP contribution in [0.2, 0.25) is 0 Å². The number of carbonyl (C=O) groups excluding carboxylic acids is 2. The Labute approximate surface area is 87.7 Å². The summed E-state index contributed by atoms with van der Waals surface area (Å²) < 4.78 is 1.61. The minimum Gasteiger partial charge on any atom is -0.358 e. The molecule has 82 valence electrons. The first-order chi connectivity index (χ1) is 7.04. The van der Waals surface area contributed by atoms with Crippen LogP contribution >= 0.6 is 0 Å². The SMILES string of the molecule is CNC(=O)CNC(=O)c1cc(C)n(C)n1. The number of rotatable bonds is 3. The molecule has 6 nitrogen and oxygen atoms in total. The smallest absolute Gasteiger partial charge is 0.272 e. The van der Waals surface area contributed by atoms with E-state index in [1.807, 2.05) is 6.92 Å². The molecule has 0 saturated carbocycles. The summed E-state index contributed by atoms with van der Waals surface area (Å²) in [4.78, 5) is 22.3. The van der Waals surface area contributed by atoms with Gasteiger partial charge in [0.25, 0.3) is 5.91 Å². The Hall–Kier alpha value is -1.85. The van der Waals surface area contributed by atoms with E-state index in [2.05, 4.69) is 15.7 Å². The summed E-state index contributed by atoms with van der Waals surface area (Å²) in [5, 5.41) is 8.86. The number of aromatic nitrogens is 2. The van der Waals surface area contributed by atoms with Gasteiger partial charge in [-0.05, 0) is 13.0 Å². The molecule has 15 heavy (non-hydrogen) atoms. The predicted molar refractivity (Wildman–Crippen MR) is 54.3 cm³/mol. The lowest BCUT2D eigenvalue weighted by Gasteiger charge is -2.00. The third kappa shape index (κ3) is 2.80. The molecule has 0 unspecified atom stereocenters. The van der Waals surface area contributed by atoms with Crippen LogP contribution in [0.25, 0.3) is 0 Å². The number of hydrogen-bond acceptors (Lipinski definition) is 3. The maximum Gasteiger partial charge on any atom is 0.272 e. The molecule has 6 heteroatoms. The highest BCUT2D eigenvalue weighted by molar-refractivity contribution is 5.94. The Morgan fingerprint density at radius 2 is 2.20 bits per heavy atom. The zero-order chi connectivity index (χ0) is 11.4. The minimum absolute atomic E-state index is 0.0368. The quantitative estimate of drug-likeness (QED) is 0.686. The first kappa shape index (κ1) is 11.2. The molecule has 0 spiro atoms. The zero-order valence-corrected chi connectivity index (χ0v) is 9.00. The Morgan fingerprint density at radius 1 is 1.53 bits per heavy atom. The molecule has 2 N–H and O–H groups in total. The van der Waals surface area contributed by atoms with Crippen molar-refractivity contribution in [1.29, 1.82) is 0 Å². The summed E-state index contributed by atoms with van der Waals surface area (Å²) in [6.07, 6.45) is 0. The lowest BCUT2D eigenvalue weighted by molar-refractivity contribution is -0.119. The van der Waals surface area contributed by atoms with E-state index in [-0.39, 0.29) is 18.4 Å². The maximum atomic E-state index is 11.5. The molecule has 1 heterocycles. The lowest BCUT2D eigenvalue weighted by Crippen LogP contribution is -2.35. The van der Waals surface area contributed by atoms with Gasteiger partial charge in [0, 0.05) is 19.8 Å². The normalized spacial score (nSPS) is 9.80. The van der Waals surface area contributed by atoms with E-state index in [0.717, 1.165) is 5.69 Å². The van der Waals surface area contributed by atoms with Crippen molar-refractivity contribution in [1.82, 2.24) is 20.4 Å². The van der Waals surface area contributed by atoms with Gasteiger partial charge < -0.3 is 10.6 Å². The van der Waals surface area contributed by atoms with Gasteiger partial charge in [0.1, 0.15) is 5.69 Å². The molecule has 1 rings (SSSR count). The fourth-order valence-corrected chi connectivity index (χ4v) is 1.01. The first-order valence-electron chi connectivity index (χ1n) is 4.54. The van der Waals surface area contributed by atoms with Crippen molar-refractivity contribution in [3.8, 4) is 0 Å². The van der Waals surface area contributed by atoms with Crippen LogP contribution < -0.4 is 10.6 Å². The van der Waals surface area contributed by atoms with E-state index in [9.17, 15) is 9.59 Å². The summed E-state index contributed by atoms with van der Waals surface area (Å²) in [5.74, 6) is -0.585. The van der Waals surface area contributed by atoms with Gasteiger partial charge in [-0.1, -0.05) is 0 Å². The van der Waals surface area contributed by atoms with Gasteiger partial charge >= 0.3 is 0 Å². The Balaban J connectivity index is 2.58. The second kappa shape index (κ2) is 4.59. The van der Waals surface area contributed by atoms with Crippen molar-refractivity contribution in [2.75, 3.05) is 13.6 Å². The van der Waals surface area contributed by atoms with Gasteiger partial charge in [-0.2, -0.15) is 5.10 Å². The minimum atomic E-state index is -0.345. The number of carbonyl (C=O) groups is 2. The Kier molecular flexibility index (Phi) is 3.43. The lowest BCUT2D eigenvalue weighted by atomic mass is 10.3.